The first-order chi connectivity index (χ1) is 17.5. The molecular weight excluding hydrogens is 478 g/mol. The van der Waals surface area contributed by atoms with E-state index in [0.29, 0.717) is 38.3 Å². The highest BCUT2D eigenvalue weighted by Gasteiger charge is 2.28. The number of hydrogen-bond donors (Lipinski definition) is 2. The molecule has 1 aliphatic heterocycles. The third kappa shape index (κ3) is 6.88. The zero-order valence-corrected chi connectivity index (χ0v) is 20.9. The highest BCUT2D eigenvalue weighted by molar-refractivity contribution is 7.15. The van der Waals surface area contributed by atoms with Gasteiger partial charge in [0.1, 0.15) is 5.75 Å². The molecule has 1 saturated heterocycles. The molecule has 3 aromatic rings. The van der Waals surface area contributed by atoms with Crippen LogP contribution in [-0.2, 0) is 11.3 Å². The van der Waals surface area contributed by atoms with Gasteiger partial charge in [-0.15, -0.1) is 10.2 Å². The first-order valence-corrected chi connectivity index (χ1v) is 12.8. The van der Waals surface area contributed by atoms with Gasteiger partial charge in [0.05, 0.1) is 6.61 Å². The third-order valence-electron chi connectivity index (χ3n) is 5.93. The fraction of sp³-hybridized carbons (Fsp3) is 0.346. The zero-order valence-electron chi connectivity index (χ0n) is 20.1. The van der Waals surface area contributed by atoms with Crippen LogP contribution in [0, 0.1) is 5.92 Å². The van der Waals surface area contributed by atoms with Crippen molar-refractivity contribution in [1.29, 1.82) is 0 Å². The maximum Gasteiger partial charge on any atom is 0.286 e. The first-order valence-electron chi connectivity index (χ1n) is 12.0. The monoisotopic (exact) mass is 507 g/mol. The number of benzene rings is 2. The van der Waals surface area contributed by atoms with Crippen molar-refractivity contribution in [2.75, 3.05) is 25.0 Å². The number of piperidine rings is 1. The summed E-state index contributed by atoms with van der Waals surface area (Å²) in [6.45, 7) is 4.12. The Kier molecular flexibility index (Phi) is 8.62. The molecule has 0 radical (unpaired) electrons. The number of likely N-dealkylation sites (tertiary alicyclic amines) is 1. The van der Waals surface area contributed by atoms with E-state index in [1.54, 1.807) is 17.0 Å². The first kappa shape index (κ1) is 25.3. The molecule has 2 aromatic carbocycles. The fourth-order valence-electron chi connectivity index (χ4n) is 3.99. The van der Waals surface area contributed by atoms with Gasteiger partial charge in [-0.1, -0.05) is 41.7 Å². The largest absolute Gasteiger partial charge is 0.494 e. The van der Waals surface area contributed by atoms with Gasteiger partial charge in [-0.25, -0.2) is 0 Å². The van der Waals surface area contributed by atoms with Crippen molar-refractivity contribution < 1.29 is 19.1 Å². The van der Waals surface area contributed by atoms with Crippen LogP contribution in [0.3, 0.4) is 0 Å². The molecule has 1 aliphatic rings. The number of anilines is 1. The molecule has 3 amide bonds. The van der Waals surface area contributed by atoms with Gasteiger partial charge < -0.3 is 20.3 Å². The summed E-state index contributed by atoms with van der Waals surface area (Å²) in [5.74, 6) is 0.411. The van der Waals surface area contributed by atoms with E-state index in [-0.39, 0.29) is 27.7 Å². The summed E-state index contributed by atoms with van der Waals surface area (Å²) in [6.07, 6.45) is 1.91. The van der Waals surface area contributed by atoms with Gasteiger partial charge in [-0.2, -0.15) is 0 Å². The molecule has 188 valence electrons. The lowest BCUT2D eigenvalue weighted by molar-refractivity contribution is -0.122. The molecule has 2 N–H and O–H groups in total. The lowest BCUT2D eigenvalue weighted by Gasteiger charge is -2.31. The minimum atomic E-state index is -0.396. The summed E-state index contributed by atoms with van der Waals surface area (Å²) in [7, 11) is 0. The lowest BCUT2D eigenvalue weighted by atomic mass is 9.93. The molecule has 0 atom stereocenters. The second-order valence-corrected chi connectivity index (χ2v) is 9.50. The second-order valence-electron chi connectivity index (χ2n) is 8.53. The van der Waals surface area contributed by atoms with E-state index in [4.69, 9.17) is 4.74 Å². The summed E-state index contributed by atoms with van der Waals surface area (Å²) in [4.78, 5) is 39.4. The molecule has 36 heavy (non-hydrogen) atoms. The number of aromatic nitrogens is 2. The van der Waals surface area contributed by atoms with Crippen LogP contribution >= 0.6 is 11.3 Å². The number of para-hydroxylation sites is 1. The Labute approximate surface area is 213 Å². The molecule has 9 nitrogen and oxygen atoms in total. The van der Waals surface area contributed by atoms with Gasteiger partial charge in [0, 0.05) is 31.7 Å². The van der Waals surface area contributed by atoms with E-state index < -0.39 is 5.91 Å². The molecule has 1 fully saturated rings. The van der Waals surface area contributed by atoms with Gasteiger partial charge >= 0.3 is 0 Å². The van der Waals surface area contributed by atoms with Crippen molar-refractivity contribution in [3.8, 4) is 5.75 Å². The van der Waals surface area contributed by atoms with Crippen molar-refractivity contribution in [2.45, 2.75) is 32.7 Å². The Bertz CT molecular complexity index is 1170. The number of hydrogen-bond acceptors (Lipinski definition) is 7. The number of carbonyl (C=O) groups excluding carboxylic acids is 3. The fourth-order valence-corrected chi connectivity index (χ4v) is 4.69. The minimum Gasteiger partial charge on any atom is -0.494 e. The average Bonchev–Trinajstić information content (AvgIpc) is 3.40. The Hall–Kier alpha value is -3.79. The van der Waals surface area contributed by atoms with Gasteiger partial charge in [0.2, 0.25) is 15.9 Å². The summed E-state index contributed by atoms with van der Waals surface area (Å²) < 4.78 is 5.43. The van der Waals surface area contributed by atoms with Crippen molar-refractivity contribution in [3.63, 3.8) is 0 Å². The molecule has 2 heterocycles. The molecule has 4 rings (SSSR count). The number of rotatable bonds is 9. The van der Waals surface area contributed by atoms with Crippen LogP contribution in [0.15, 0.2) is 54.6 Å². The summed E-state index contributed by atoms with van der Waals surface area (Å²) >= 11 is 0.984. The highest BCUT2D eigenvalue weighted by atomic mass is 32.1. The SMILES string of the molecule is CCOc1ccc(CNC(=O)CC2CCN(C(=O)c3nnc(C(=O)Nc4ccccc4)s3)CC2)cc1. The van der Waals surface area contributed by atoms with E-state index in [0.717, 1.165) is 35.5 Å². The average molecular weight is 508 g/mol. The van der Waals surface area contributed by atoms with Gasteiger partial charge in [-0.05, 0) is 55.5 Å². The summed E-state index contributed by atoms with van der Waals surface area (Å²) in [5.41, 5.74) is 1.66. The molecule has 0 bridgehead atoms. The normalized spacial score (nSPS) is 13.8. The lowest BCUT2D eigenvalue weighted by Crippen LogP contribution is -2.39. The molecule has 0 saturated carbocycles. The maximum atomic E-state index is 12.9. The van der Waals surface area contributed by atoms with Crippen LogP contribution in [0.1, 0.15) is 51.4 Å². The van der Waals surface area contributed by atoms with E-state index in [1.807, 2.05) is 49.4 Å². The van der Waals surface area contributed by atoms with Crippen molar-refractivity contribution >= 4 is 34.7 Å². The highest BCUT2D eigenvalue weighted by Crippen LogP contribution is 2.23. The second kappa shape index (κ2) is 12.3. The van der Waals surface area contributed by atoms with E-state index in [1.165, 1.54) is 0 Å². The smallest absolute Gasteiger partial charge is 0.286 e. The Morgan fingerprint density at radius 3 is 2.39 bits per heavy atom. The summed E-state index contributed by atoms with van der Waals surface area (Å²) in [6, 6.07) is 16.7. The zero-order chi connectivity index (χ0) is 25.3. The van der Waals surface area contributed by atoms with Crippen LogP contribution in [0.2, 0.25) is 0 Å². The van der Waals surface area contributed by atoms with Crippen molar-refractivity contribution in [3.05, 3.63) is 70.2 Å². The number of nitrogens with one attached hydrogen (secondary N) is 2. The number of ether oxygens (including phenoxy) is 1. The van der Waals surface area contributed by atoms with Crippen LogP contribution in [0.4, 0.5) is 5.69 Å². The van der Waals surface area contributed by atoms with Gasteiger partial charge in [0.15, 0.2) is 0 Å². The number of nitrogens with zero attached hydrogens (tertiary/aromatic N) is 3. The Morgan fingerprint density at radius 2 is 1.69 bits per heavy atom. The Balaban J connectivity index is 1.20. The molecular formula is C26H29N5O4S. The molecule has 0 aliphatic carbocycles. The van der Waals surface area contributed by atoms with Gasteiger partial charge in [-0.3, -0.25) is 14.4 Å². The quantitative estimate of drug-likeness (QED) is 0.456. The van der Waals surface area contributed by atoms with E-state index in [9.17, 15) is 14.4 Å². The van der Waals surface area contributed by atoms with E-state index in [2.05, 4.69) is 20.8 Å². The van der Waals surface area contributed by atoms with Crippen LogP contribution in [-0.4, -0.2) is 52.5 Å². The Morgan fingerprint density at radius 1 is 1.00 bits per heavy atom. The van der Waals surface area contributed by atoms with Crippen LogP contribution in [0.5, 0.6) is 5.75 Å². The van der Waals surface area contributed by atoms with Crippen molar-refractivity contribution in [2.24, 2.45) is 5.92 Å². The van der Waals surface area contributed by atoms with Crippen LogP contribution in [0.25, 0.3) is 0 Å². The predicted molar refractivity (Wildman–Crippen MR) is 137 cm³/mol. The minimum absolute atomic E-state index is 0.00635. The van der Waals surface area contributed by atoms with Gasteiger partial charge in [0.25, 0.3) is 11.8 Å². The third-order valence-corrected chi connectivity index (χ3v) is 6.84. The maximum absolute atomic E-state index is 12.9. The molecule has 0 spiro atoms. The molecule has 10 heteroatoms. The summed E-state index contributed by atoms with van der Waals surface area (Å²) in [5, 5.41) is 13.9. The standard InChI is InChI=1S/C26H29N5O4S/c1-2-35-21-10-8-19(9-11-21)17-27-22(32)16-18-12-14-31(15-13-18)26(34)25-30-29-24(36-25)23(33)28-20-6-4-3-5-7-20/h3-11,18H,2,12-17H2,1H3,(H,27,32)(H,28,33). The van der Waals surface area contributed by atoms with Crippen LogP contribution < -0.4 is 15.4 Å². The van der Waals surface area contributed by atoms with E-state index >= 15 is 0 Å². The number of amides is 3. The molecule has 0 unspecified atom stereocenters. The topological polar surface area (TPSA) is 114 Å². The van der Waals surface area contributed by atoms with Crippen molar-refractivity contribution in [1.82, 2.24) is 20.4 Å². The number of carbonyl (C=O) groups is 3. The predicted octanol–water partition coefficient (Wildman–Crippen LogP) is 3.75. The molecule has 1 aromatic heterocycles.